The summed E-state index contributed by atoms with van der Waals surface area (Å²) in [5, 5.41) is 17.6. The SMILES string of the molecule is CC(=CC(O)C(=O)O)c1ccccc1. The third-order valence-corrected chi connectivity index (χ3v) is 1.89. The van der Waals surface area contributed by atoms with Gasteiger partial charge in [0, 0.05) is 0 Å². The summed E-state index contributed by atoms with van der Waals surface area (Å²) in [6.07, 6.45) is -0.118. The first-order valence-electron chi connectivity index (χ1n) is 4.26. The molecule has 0 bridgehead atoms. The fourth-order valence-electron chi connectivity index (χ4n) is 1.11. The predicted molar refractivity (Wildman–Crippen MR) is 53.7 cm³/mol. The van der Waals surface area contributed by atoms with Crippen LogP contribution >= 0.6 is 0 Å². The smallest absolute Gasteiger partial charge is 0.336 e. The zero-order valence-electron chi connectivity index (χ0n) is 7.84. The van der Waals surface area contributed by atoms with Gasteiger partial charge in [-0.2, -0.15) is 0 Å². The Morgan fingerprint density at radius 2 is 1.93 bits per heavy atom. The monoisotopic (exact) mass is 192 g/mol. The van der Waals surface area contributed by atoms with Crippen LogP contribution in [0.25, 0.3) is 5.57 Å². The lowest BCUT2D eigenvalue weighted by atomic mass is 10.1. The highest BCUT2D eigenvalue weighted by Gasteiger charge is 2.09. The molecule has 0 aromatic heterocycles. The Morgan fingerprint density at radius 1 is 1.36 bits per heavy atom. The number of hydrogen-bond acceptors (Lipinski definition) is 2. The van der Waals surface area contributed by atoms with Gasteiger partial charge >= 0.3 is 5.97 Å². The topological polar surface area (TPSA) is 57.5 Å². The van der Waals surface area contributed by atoms with Crippen molar-refractivity contribution in [2.75, 3.05) is 0 Å². The molecule has 0 spiro atoms. The van der Waals surface area contributed by atoms with Crippen molar-refractivity contribution in [3.63, 3.8) is 0 Å². The lowest BCUT2D eigenvalue weighted by molar-refractivity contribution is -0.144. The Hall–Kier alpha value is -1.61. The number of benzene rings is 1. The molecular weight excluding hydrogens is 180 g/mol. The standard InChI is InChI=1S/C11H12O3/c1-8(7-10(12)11(13)14)9-5-3-2-4-6-9/h2-7,10,12H,1H3,(H,13,14). The molecule has 3 heteroatoms. The molecule has 1 unspecified atom stereocenters. The van der Waals surface area contributed by atoms with E-state index in [1.807, 2.05) is 30.3 Å². The number of aliphatic hydroxyl groups is 1. The van der Waals surface area contributed by atoms with Crippen molar-refractivity contribution in [1.29, 1.82) is 0 Å². The molecule has 0 fully saturated rings. The minimum atomic E-state index is -1.43. The maximum absolute atomic E-state index is 10.4. The maximum Gasteiger partial charge on any atom is 0.336 e. The van der Waals surface area contributed by atoms with Gasteiger partial charge in [0.05, 0.1) is 0 Å². The molecule has 1 rings (SSSR count). The van der Waals surface area contributed by atoms with Gasteiger partial charge in [-0.1, -0.05) is 30.3 Å². The minimum absolute atomic E-state index is 0.750. The summed E-state index contributed by atoms with van der Waals surface area (Å²) in [6.45, 7) is 1.77. The van der Waals surface area contributed by atoms with E-state index in [1.165, 1.54) is 6.08 Å². The maximum atomic E-state index is 10.4. The highest BCUT2D eigenvalue weighted by molar-refractivity contribution is 5.78. The first kappa shape index (κ1) is 10.5. The van der Waals surface area contributed by atoms with Crippen molar-refractivity contribution in [3.05, 3.63) is 42.0 Å². The van der Waals surface area contributed by atoms with Crippen molar-refractivity contribution < 1.29 is 15.0 Å². The van der Waals surface area contributed by atoms with Crippen LogP contribution in [0.15, 0.2) is 36.4 Å². The minimum Gasteiger partial charge on any atom is -0.479 e. The van der Waals surface area contributed by atoms with E-state index in [0.717, 1.165) is 11.1 Å². The van der Waals surface area contributed by atoms with Crippen LogP contribution in [-0.2, 0) is 4.79 Å². The molecule has 0 heterocycles. The van der Waals surface area contributed by atoms with E-state index in [4.69, 9.17) is 10.2 Å². The fraction of sp³-hybridized carbons (Fsp3) is 0.182. The molecule has 0 aliphatic carbocycles. The Morgan fingerprint density at radius 3 is 2.43 bits per heavy atom. The average molecular weight is 192 g/mol. The van der Waals surface area contributed by atoms with E-state index in [2.05, 4.69) is 0 Å². The van der Waals surface area contributed by atoms with Crippen molar-refractivity contribution in [2.24, 2.45) is 0 Å². The summed E-state index contributed by atoms with van der Waals surface area (Å²) in [4.78, 5) is 10.4. The number of carbonyl (C=O) groups is 1. The van der Waals surface area contributed by atoms with Gasteiger partial charge in [0.2, 0.25) is 0 Å². The molecule has 0 saturated heterocycles. The number of carboxylic acid groups (broad SMARTS) is 1. The molecular formula is C11H12O3. The molecule has 14 heavy (non-hydrogen) atoms. The molecule has 1 aromatic rings. The van der Waals surface area contributed by atoms with Crippen molar-refractivity contribution in [1.82, 2.24) is 0 Å². The van der Waals surface area contributed by atoms with Crippen LogP contribution in [0.1, 0.15) is 12.5 Å². The van der Waals surface area contributed by atoms with E-state index >= 15 is 0 Å². The van der Waals surface area contributed by atoms with Crippen molar-refractivity contribution >= 4 is 11.5 Å². The summed E-state index contributed by atoms with van der Waals surface area (Å²) in [7, 11) is 0. The van der Waals surface area contributed by atoms with E-state index in [1.54, 1.807) is 6.92 Å². The second-order valence-electron chi connectivity index (χ2n) is 3.00. The van der Waals surface area contributed by atoms with Gasteiger partial charge in [0.15, 0.2) is 6.10 Å². The number of carboxylic acids is 1. The van der Waals surface area contributed by atoms with E-state index in [0.29, 0.717) is 0 Å². The third kappa shape index (κ3) is 2.71. The molecule has 74 valence electrons. The third-order valence-electron chi connectivity index (χ3n) is 1.89. The molecule has 0 aliphatic heterocycles. The number of hydrogen-bond donors (Lipinski definition) is 2. The van der Waals surface area contributed by atoms with Gasteiger partial charge in [-0.3, -0.25) is 0 Å². The molecule has 1 aromatic carbocycles. The summed E-state index contributed by atoms with van der Waals surface area (Å²) in [6, 6.07) is 9.32. The number of aliphatic hydroxyl groups excluding tert-OH is 1. The van der Waals surface area contributed by atoms with Crippen LogP contribution in [0.3, 0.4) is 0 Å². The summed E-state index contributed by atoms with van der Waals surface area (Å²) >= 11 is 0. The zero-order valence-corrected chi connectivity index (χ0v) is 7.84. The fourth-order valence-corrected chi connectivity index (χ4v) is 1.11. The second kappa shape index (κ2) is 4.58. The average Bonchev–Trinajstić information content (AvgIpc) is 2.19. The van der Waals surface area contributed by atoms with Crippen LogP contribution < -0.4 is 0 Å². The summed E-state index contributed by atoms with van der Waals surface area (Å²) in [5.41, 5.74) is 1.66. The van der Waals surface area contributed by atoms with Gasteiger partial charge in [-0.25, -0.2) is 4.79 Å². The van der Waals surface area contributed by atoms with Crippen LogP contribution in [0.5, 0.6) is 0 Å². The van der Waals surface area contributed by atoms with Crippen LogP contribution in [0.2, 0.25) is 0 Å². The molecule has 1 atom stereocenters. The zero-order chi connectivity index (χ0) is 10.6. The molecule has 0 saturated carbocycles. The first-order chi connectivity index (χ1) is 6.61. The van der Waals surface area contributed by atoms with Gasteiger partial charge in [-0.15, -0.1) is 0 Å². The quantitative estimate of drug-likeness (QED) is 0.763. The lowest BCUT2D eigenvalue weighted by Gasteiger charge is -2.03. The van der Waals surface area contributed by atoms with Gasteiger partial charge in [-0.05, 0) is 24.1 Å². The predicted octanol–water partition coefficient (Wildman–Crippen LogP) is 1.54. The van der Waals surface area contributed by atoms with Gasteiger partial charge in [0.1, 0.15) is 0 Å². The largest absolute Gasteiger partial charge is 0.479 e. The lowest BCUT2D eigenvalue weighted by Crippen LogP contribution is -2.16. The molecule has 0 amide bonds. The van der Waals surface area contributed by atoms with E-state index in [-0.39, 0.29) is 0 Å². The Bertz CT molecular complexity index is 341. The number of rotatable bonds is 3. The number of aliphatic carboxylic acids is 1. The van der Waals surface area contributed by atoms with Crippen molar-refractivity contribution in [2.45, 2.75) is 13.0 Å². The summed E-state index contributed by atoms with van der Waals surface area (Å²) < 4.78 is 0. The van der Waals surface area contributed by atoms with Gasteiger partial charge in [0.25, 0.3) is 0 Å². The molecule has 0 aliphatic rings. The van der Waals surface area contributed by atoms with E-state index in [9.17, 15) is 4.79 Å². The van der Waals surface area contributed by atoms with Crippen molar-refractivity contribution in [3.8, 4) is 0 Å². The molecule has 3 nitrogen and oxygen atoms in total. The Kier molecular flexibility index (Phi) is 3.42. The second-order valence-corrected chi connectivity index (χ2v) is 3.00. The van der Waals surface area contributed by atoms with E-state index < -0.39 is 12.1 Å². The normalized spacial score (nSPS) is 13.7. The van der Waals surface area contributed by atoms with Gasteiger partial charge < -0.3 is 10.2 Å². The van der Waals surface area contributed by atoms with Crippen LogP contribution in [0, 0.1) is 0 Å². The highest BCUT2D eigenvalue weighted by Crippen LogP contribution is 2.13. The Labute approximate surface area is 82.3 Å². The number of allylic oxidation sites excluding steroid dienone is 1. The molecule has 0 radical (unpaired) electrons. The van der Waals surface area contributed by atoms with Crippen LogP contribution in [-0.4, -0.2) is 22.3 Å². The van der Waals surface area contributed by atoms with Crippen LogP contribution in [0.4, 0.5) is 0 Å². The first-order valence-corrected chi connectivity index (χ1v) is 4.26. The highest BCUT2D eigenvalue weighted by atomic mass is 16.4. The summed E-state index contributed by atoms with van der Waals surface area (Å²) in [5.74, 6) is -1.24. The Balaban J connectivity index is 2.85. The molecule has 2 N–H and O–H groups in total.